The van der Waals surface area contributed by atoms with Gasteiger partial charge in [0.25, 0.3) is 0 Å². The Labute approximate surface area is 128 Å². The minimum Gasteiger partial charge on any atom is -0.295 e. The van der Waals surface area contributed by atoms with Crippen LogP contribution in [0, 0.1) is 6.92 Å². The Balaban J connectivity index is 1.70. The van der Waals surface area contributed by atoms with E-state index in [0.29, 0.717) is 11.8 Å². The average Bonchev–Trinajstić information content (AvgIpc) is 3.18. The maximum atomic E-state index is 11.6. The van der Waals surface area contributed by atoms with Crippen LogP contribution in [-0.4, -0.2) is 20.4 Å². The summed E-state index contributed by atoms with van der Waals surface area (Å²) in [6.07, 6.45) is 4.81. The highest BCUT2D eigenvalue weighted by atomic mass is 16.1. The monoisotopic (exact) mass is 291 g/mol. The van der Waals surface area contributed by atoms with Gasteiger partial charge < -0.3 is 0 Å². The van der Waals surface area contributed by atoms with Crippen molar-refractivity contribution in [1.29, 1.82) is 0 Å². The predicted molar refractivity (Wildman–Crippen MR) is 84.3 cm³/mol. The highest BCUT2D eigenvalue weighted by Crippen LogP contribution is 2.55. The Morgan fingerprint density at radius 1 is 1.27 bits per heavy atom. The van der Waals surface area contributed by atoms with Crippen molar-refractivity contribution in [3.63, 3.8) is 0 Å². The third kappa shape index (κ3) is 2.03. The highest BCUT2D eigenvalue weighted by Gasteiger charge is 2.42. The summed E-state index contributed by atoms with van der Waals surface area (Å²) in [5.41, 5.74) is 5.37. The predicted octanol–water partition coefficient (Wildman–Crippen LogP) is 3.51. The van der Waals surface area contributed by atoms with Crippen molar-refractivity contribution in [2.45, 2.75) is 32.1 Å². The number of hydrogen-bond acceptors (Lipinski definition) is 3. The largest absolute Gasteiger partial charge is 0.295 e. The van der Waals surface area contributed by atoms with Crippen molar-refractivity contribution in [3.05, 3.63) is 65.1 Å². The third-order valence-electron chi connectivity index (χ3n) is 4.56. The zero-order valence-corrected chi connectivity index (χ0v) is 12.7. The first-order valence-electron chi connectivity index (χ1n) is 7.55. The number of benzene rings is 1. The van der Waals surface area contributed by atoms with Crippen LogP contribution in [0.1, 0.15) is 52.4 Å². The van der Waals surface area contributed by atoms with E-state index in [9.17, 15) is 4.79 Å². The summed E-state index contributed by atoms with van der Waals surface area (Å²) in [4.78, 5) is 16.0. The zero-order valence-electron chi connectivity index (χ0n) is 12.7. The second kappa shape index (κ2) is 4.77. The quantitative estimate of drug-likeness (QED) is 0.694. The number of hydrogen-bond donors (Lipinski definition) is 0. The van der Waals surface area contributed by atoms with E-state index in [1.54, 1.807) is 13.1 Å². The number of Topliss-reactive ketones (excluding diaryl/α,β-unsaturated/α-hetero) is 1. The number of ketones is 1. The summed E-state index contributed by atoms with van der Waals surface area (Å²) in [6, 6.07) is 9.88. The second-order valence-corrected chi connectivity index (χ2v) is 6.05. The summed E-state index contributed by atoms with van der Waals surface area (Å²) in [7, 11) is 0. The topological polar surface area (TPSA) is 47.3 Å². The molecule has 4 nitrogen and oxygen atoms in total. The maximum absolute atomic E-state index is 11.6. The molecule has 2 heterocycles. The van der Waals surface area contributed by atoms with Gasteiger partial charge in [-0.15, -0.1) is 0 Å². The van der Waals surface area contributed by atoms with Gasteiger partial charge in [-0.25, -0.2) is 9.50 Å². The number of rotatable bonds is 3. The smallest absolute Gasteiger partial charge is 0.159 e. The van der Waals surface area contributed by atoms with Gasteiger partial charge in [0.05, 0.1) is 11.9 Å². The lowest BCUT2D eigenvalue weighted by atomic mass is 9.98. The van der Waals surface area contributed by atoms with Gasteiger partial charge in [-0.3, -0.25) is 4.79 Å². The lowest BCUT2D eigenvalue weighted by Crippen LogP contribution is -1.98. The molecule has 4 heteroatoms. The Hall–Kier alpha value is -2.49. The van der Waals surface area contributed by atoms with Gasteiger partial charge in [0, 0.05) is 17.7 Å². The molecule has 1 fully saturated rings. The van der Waals surface area contributed by atoms with Crippen molar-refractivity contribution in [3.8, 4) is 0 Å². The van der Waals surface area contributed by atoms with Gasteiger partial charge in [0.2, 0.25) is 0 Å². The Kier molecular flexibility index (Phi) is 2.86. The first-order chi connectivity index (χ1) is 10.6. The molecule has 2 atom stereocenters. The van der Waals surface area contributed by atoms with E-state index in [1.807, 2.05) is 35.0 Å². The van der Waals surface area contributed by atoms with Crippen LogP contribution in [0.4, 0.5) is 0 Å². The van der Waals surface area contributed by atoms with E-state index < -0.39 is 0 Å². The molecule has 0 radical (unpaired) electrons. The van der Waals surface area contributed by atoms with Crippen LogP contribution < -0.4 is 0 Å². The summed E-state index contributed by atoms with van der Waals surface area (Å²) in [5.74, 6) is 1.02. The van der Waals surface area contributed by atoms with Gasteiger partial charge in [0.15, 0.2) is 11.4 Å². The highest BCUT2D eigenvalue weighted by molar-refractivity contribution is 5.94. The summed E-state index contributed by atoms with van der Waals surface area (Å²) < 4.78 is 1.93. The normalized spacial score (nSPS) is 20.3. The molecule has 2 aromatic heterocycles. The fourth-order valence-corrected chi connectivity index (χ4v) is 3.22. The molecule has 1 aromatic carbocycles. The van der Waals surface area contributed by atoms with Crippen molar-refractivity contribution < 1.29 is 4.79 Å². The van der Waals surface area contributed by atoms with Crippen molar-refractivity contribution in [2.24, 2.45) is 0 Å². The van der Waals surface area contributed by atoms with E-state index in [4.69, 9.17) is 0 Å². The number of fused-ring (bicyclic) bond motifs is 1. The number of carbonyl (C=O) groups is 1. The van der Waals surface area contributed by atoms with E-state index in [1.165, 1.54) is 11.1 Å². The molecular weight excluding hydrogens is 274 g/mol. The van der Waals surface area contributed by atoms with E-state index in [2.05, 4.69) is 23.1 Å². The molecule has 22 heavy (non-hydrogen) atoms. The standard InChI is InChI=1S/C18H17N3O/c1-11-5-6-13(12(2)22)8-14(11)15-9-16(15)17-10-19-18-4-3-7-20-21(17)18/h3-8,10,15-16H,9H2,1-2H3/t15-,16?/m0/s1. The number of aromatic nitrogens is 3. The fraction of sp³-hybridized carbons (Fsp3) is 0.278. The molecule has 3 aromatic rings. The van der Waals surface area contributed by atoms with Crippen LogP contribution in [0.15, 0.2) is 42.7 Å². The van der Waals surface area contributed by atoms with Crippen LogP contribution in [-0.2, 0) is 0 Å². The second-order valence-electron chi connectivity index (χ2n) is 6.05. The van der Waals surface area contributed by atoms with Gasteiger partial charge in [-0.2, -0.15) is 5.10 Å². The first-order valence-corrected chi connectivity index (χ1v) is 7.55. The molecule has 1 aliphatic rings. The van der Waals surface area contributed by atoms with Crippen LogP contribution in [0.2, 0.25) is 0 Å². The molecule has 1 saturated carbocycles. The van der Waals surface area contributed by atoms with E-state index in [0.717, 1.165) is 23.3 Å². The molecule has 0 N–H and O–H groups in total. The minimum atomic E-state index is 0.120. The molecule has 110 valence electrons. The Bertz CT molecular complexity index is 881. The van der Waals surface area contributed by atoms with Crippen LogP contribution >= 0.6 is 0 Å². The van der Waals surface area contributed by atoms with E-state index in [-0.39, 0.29) is 5.78 Å². The van der Waals surface area contributed by atoms with Crippen LogP contribution in [0.5, 0.6) is 0 Å². The number of nitrogens with zero attached hydrogens (tertiary/aromatic N) is 3. The third-order valence-corrected chi connectivity index (χ3v) is 4.56. The van der Waals surface area contributed by atoms with Gasteiger partial charge in [-0.1, -0.05) is 12.1 Å². The van der Waals surface area contributed by atoms with Crippen molar-refractivity contribution in [1.82, 2.24) is 14.6 Å². The average molecular weight is 291 g/mol. The SMILES string of the molecule is CC(=O)c1ccc(C)c([C@@H]2CC2c2cnc3cccnn23)c1. The summed E-state index contributed by atoms with van der Waals surface area (Å²) >= 11 is 0. The van der Waals surface area contributed by atoms with E-state index >= 15 is 0 Å². The Morgan fingerprint density at radius 2 is 2.14 bits per heavy atom. The molecule has 0 amide bonds. The molecule has 4 rings (SSSR count). The van der Waals surface area contributed by atoms with Gasteiger partial charge in [0.1, 0.15) is 0 Å². The van der Waals surface area contributed by atoms with Gasteiger partial charge in [-0.05, 0) is 55.5 Å². The number of imidazole rings is 1. The molecule has 0 spiro atoms. The van der Waals surface area contributed by atoms with Crippen molar-refractivity contribution in [2.75, 3.05) is 0 Å². The number of aryl methyl sites for hydroxylation is 1. The fourth-order valence-electron chi connectivity index (χ4n) is 3.22. The molecule has 0 saturated heterocycles. The maximum Gasteiger partial charge on any atom is 0.159 e. The molecule has 0 bridgehead atoms. The van der Waals surface area contributed by atoms with Gasteiger partial charge >= 0.3 is 0 Å². The molecule has 0 aliphatic heterocycles. The minimum absolute atomic E-state index is 0.120. The lowest BCUT2D eigenvalue weighted by Gasteiger charge is -2.07. The number of carbonyl (C=O) groups excluding carboxylic acids is 1. The molecule has 1 aliphatic carbocycles. The summed E-state index contributed by atoms with van der Waals surface area (Å²) in [6.45, 7) is 3.73. The molecule has 1 unspecified atom stereocenters. The van der Waals surface area contributed by atoms with Crippen molar-refractivity contribution >= 4 is 11.4 Å². The Morgan fingerprint density at radius 3 is 2.95 bits per heavy atom. The lowest BCUT2D eigenvalue weighted by molar-refractivity contribution is 0.101. The molecular formula is C18H17N3O. The van der Waals surface area contributed by atoms with Crippen LogP contribution in [0.25, 0.3) is 5.65 Å². The van der Waals surface area contributed by atoms with Crippen LogP contribution in [0.3, 0.4) is 0 Å². The zero-order chi connectivity index (χ0) is 15.3. The summed E-state index contributed by atoms with van der Waals surface area (Å²) in [5, 5.41) is 4.40. The first kappa shape index (κ1) is 13.2.